The standard InChI is InChI=1S/C20H26NO3/c1-5-20(22-3,23-4)16-24-19-10-8-17(9-11-19)6-7-18-12-14-21(2)15-13-18/h6-15H,5,16H2,1-4H3/q+1. The Morgan fingerprint density at radius 1 is 0.917 bits per heavy atom. The molecular weight excluding hydrogens is 302 g/mol. The summed E-state index contributed by atoms with van der Waals surface area (Å²) in [6.07, 6.45) is 8.95. The second-order valence-corrected chi connectivity index (χ2v) is 5.66. The lowest BCUT2D eigenvalue weighted by molar-refractivity contribution is -0.671. The summed E-state index contributed by atoms with van der Waals surface area (Å²) in [6.45, 7) is 2.36. The molecule has 4 heteroatoms. The first-order valence-electron chi connectivity index (χ1n) is 8.07. The number of aromatic nitrogens is 1. The summed E-state index contributed by atoms with van der Waals surface area (Å²) in [5.41, 5.74) is 2.29. The Balaban J connectivity index is 1.96. The third-order valence-corrected chi connectivity index (χ3v) is 4.09. The molecule has 0 N–H and O–H groups in total. The van der Waals surface area contributed by atoms with Gasteiger partial charge in [0.25, 0.3) is 0 Å². The van der Waals surface area contributed by atoms with Crippen LogP contribution in [0.15, 0.2) is 48.8 Å². The van der Waals surface area contributed by atoms with E-state index in [4.69, 9.17) is 14.2 Å². The highest BCUT2D eigenvalue weighted by Crippen LogP contribution is 2.20. The molecule has 1 heterocycles. The van der Waals surface area contributed by atoms with Crippen LogP contribution in [0.1, 0.15) is 24.5 Å². The molecule has 1 aromatic carbocycles. The SMILES string of the molecule is CCC(COc1ccc(C=Cc2cc[n+](C)cc2)cc1)(OC)OC. The molecule has 0 unspecified atom stereocenters. The van der Waals surface area contributed by atoms with Crippen LogP contribution < -0.4 is 9.30 Å². The molecule has 2 aromatic rings. The van der Waals surface area contributed by atoms with Crippen molar-refractivity contribution in [2.45, 2.75) is 19.1 Å². The van der Waals surface area contributed by atoms with Crippen molar-refractivity contribution >= 4 is 12.2 Å². The molecule has 2 rings (SSSR count). The van der Waals surface area contributed by atoms with Crippen LogP contribution in [0.4, 0.5) is 0 Å². The summed E-state index contributed by atoms with van der Waals surface area (Å²) in [6, 6.07) is 12.1. The maximum Gasteiger partial charge on any atom is 0.202 e. The molecule has 0 atom stereocenters. The third kappa shape index (κ3) is 4.91. The van der Waals surface area contributed by atoms with Crippen molar-refractivity contribution in [2.75, 3.05) is 20.8 Å². The van der Waals surface area contributed by atoms with Gasteiger partial charge in [-0.1, -0.05) is 31.2 Å². The molecule has 0 saturated carbocycles. The molecule has 0 bridgehead atoms. The minimum Gasteiger partial charge on any atom is -0.488 e. The molecule has 4 nitrogen and oxygen atoms in total. The molecule has 0 amide bonds. The quantitative estimate of drug-likeness (QED) is 0.549. The van der Waals surface area contributed by atoms with E-state index in [1.807, 2.05) is 55.2 Å². The van der Waals surface area contributed by atoms with Crippen molar-refractivity contribution < 1.29 is 18.8 Å². The largest absolute Gasteiger partial charge is 0.488 e. The molecule has 0 aliphatic rings. The smallest absolute Gasteiger partial charge is 0.202 e. The number of rotatable bonds is 8. The molecule has 0 fully saturated rings. The van der Waals surface area contributed by atoms with E-state index in [1.165, 1.54) is 5.56 Å². The summed E-state index contributed by atoms with van der Waals surface area (Å²) in [4.78, 5) is 0. The summed E-state index contributed by atoms with van der Waals surface area (Å²) >= 11 is 0. The van der Waals surface area contributed by atoms with E-state index in [2.05, 4.69) is 24.3 Å². The van der Waals surface area contributed by atoms with Crippen molar-refractivity contribution in [3.8, 4) is 5.75 Å². The zero-order chi connectivity index (χ0) is 17.4. The van der Waals surface area contributed by atoms with Gasteiger partial charge < -0.3 is 14.2 Å². The van der Waals surface area contributed by atoms with Crippen LogP contribution in [0.3, 0.4) is 0 Å². The fourth-order valence-corrected chi connectivity index (χ4v) is 2.28. The molecule has 1 aromatic heterocycles. The topological polar surface area (TPSA) is 31.6 Å². The third-order valence-electron chi connectivity index (χ3n) is 4.09. The van der Waals surface area contributed by atoms with Crippen LogP contribution in [-0.2, 0) is 16.5 Å². The number of ether oxygens (including phenoxy) is 3. The van der Waals surface area contributed by atoms with Gasteiger partial charge in [0.1, 0.15) is 19.4 Å². The lowest BCUT2D eigenvalue weighted by atomic mass is 10.1. The van der Waals surface area contributed by atoms with Gasteiger partial charge in [0.05, 0.1) is 0 Å². The van der Waals surface area contributed by atoms with Crippen molar-refractivity contribution in [3.63, 3.8) is 0 Å². The second kappa shape index (κ2) is 8.62. The van der Waals surface area contributed by atoms with E-state index in [0.717, 1.165) is 17.7 Å². The number of aryl methyl sites for hydroxylation is 1. The Bertz CT molecular complexity index is 635. The van der Waals surface area contributed by atoms with Crippen LogP contribution >= 0.6 is 0 Å². The number of hydrogen-bond donors (Lipinski definition) is 0. The van der Waals surface area contributed by atoms with Gasteiger partial charge in [0.15, 0.2) is 12.4 Å². The summed E-state index contributed by atoms with van der Waals surface area (Å²) in [7, 11) is 5.27. The van der Waals surface area contributed by atoms with E-state index >= 15 is 0 Å². The normalized spacial score (nSPS) is 11.8. The lowest BCUT2D eigenvalue weighted by Gasteiger charge is -2.29. The van der Waals surface area contributed by atoms with Crippen LogP contribution in [-0.4, -0.2) is 26.6 Å². The van der Waals surface area contributed by atoms with Crippen molar-refractivity contribution in [3.05, 3.63) is 59.9 Å². The Labute approximate surface area is 144 Å². The van der Waals surface area contributed by atoms with E-state index in [9.17, 15) is 0 Å². The Morgan fingerprint density at radius 2 is 1.46 bits per heavy atom. The maximum atomic E-state index is 5.80. The predicted molar refractivity (Wildman–Crippen MR) is 95.5 cm³/mol. The number of hydrogen-bond acceptors (Lipinski definition) is 3. The van der Waals surface area contributed by atoms with Crippen molar-refractivity contribution in [1.82, 2.24) is 0 Å². The first-order valence-corrected chi connectivity index (χ1v) is 8.07. The number of nitrogens with zero attached hydrogens (tertiary/aromatic N) is 1. The minimum absolute atomic E-state index is 0.354. The highest BCUT2D eigenvalue weighted by molar-refractivity contribution is 5.69. The highest BCUT2D eigenvalue weighted by atomic mass is 16.7. The number of benzene rings is 1. The predicted octanol–water partition coefficient (Wildman–Crippen LogP) is 3.46. The van der Waals surface area contributed by atoms with Crippen LogP contribution in [0, 0.1) is 0 Å². The van der Waals surface area contributed by atoms with E-state index in [-0.39, 0.29) is 0 Å². The molecular formula is C20H26NO3+. The Morgan fingerprint density at radius 3 is 1.96 bits per heavy atom. The van der Waals surface area contributed by atoms with Crippen LogP contribution in [0.25, 0.3) is 12.2 Å². The highest BCUT2D eigenvalue weighted by Gasteiger charge is 2.28. The van der Waals surface area contributed by atoms with Gasteiger partial charge in [-0.2, -0.15) is 0 Å². The zero-order valence-electron chi connectivity index (χ0n) is 14.9. The van der Waals surface area contributed by atoms with Gasteiger partial charge in [-0.05, 0) is 23.3 Å². The minimum atomic E-state index is -0.692. The molecule has 0 aliphatic carbocycles. The zero-order valence-corrected chi connectivity index (χ0v) is 14.9. The van der Waals surface area contributed by atoms with Crippen molar-refractivity contribution in [2.24, 2.45) is 7.05 Å². The fourth-order valence-electron chi connectivity index (χ4n) is 2.28. The Hall–Kier alpha value is -2.17. The average molecular weight is 328 g/mol. The summed E-state index contributed by atoms with van der Waals surface area (Å²) in [5, 5.41) is 0. The van der Waals surface area contributed by atoms with Crippen LogP contribution in [0.2, 0.25) is 0 Å². The fraction of sp³-hybridized carbons (Fsp3) is 0.350. The van der Waals surface area contributed by atoms with Crippen LogP contribution in [0.5, 0.6) is 5.75 Å². The summed E-state index contributed by atoms with van der Waals surface area (Å²) < 4.78 is 18.6. The van der Waals surface area contributed by atoms with Gasteiger partial charge in [-0.15, -0.1) is 0 Å². The molecule has 0 spiro atoms. The maximum absolute atomic E-state index is 5.80. The summed E-state index contributed by atoms with van der Waals surface area (Å²) in [5.74, 6) is 0.105. The number of methoxy groups -OCH3 is 2. The second-order valence-electron chi connectivity index (χ2n) is 5.66. The lowest BCUT2D eigenvalue weighted by Crippen LogP contribution is -2.39. The van der Waals surface area contributed by atoms with E-state index < -0.39 is 5.79 Å². The first-order chi connectivity index (χ1) is 11.6. The monoisotopic (exact) mass is 328 g/mol. The van der Waals surface area contributed by atoms with Gasteiger partial charge in [-0.3, -0.25) is 0 Å². The first kappa shape index (κ1) is 18.2. The number of pyridine rings is 1. The van der Waals surface area contributed by atoms with Gasteiger partial charge in [0, 0.05) is 32.8 Å². The van der Waals surface area contributed by atoms with Crippen molar-refractivity contribution in [1.29, 1.82) is 0 Å². The Kier molecular flexibility index (Phi) is 6.53. The van der Waals surface area contributed by atoms with Gasteiger partial charge in [-0.25, -0.2) is 4.57 Å². The molecule has 0 saturated heterocycles. The average Bonchev–Trinajstić information content (AvgIpc) is 2.64. The van der Waals surface area contributed by atoms with Gasteiger partial charge >= 0.3 is 0 Å². The molecule has 0 radical (unpaired) electrons. The van der Waals surface area contributed by atoms with Gasteiger partial charge in [0.2, 0.25) is 5.79 Å². The van der Waals surface area contributed by atoms with E-state index in [0.29, 0.717) is 6.61 Å². The molecule has 0 aliphatic heterocycles. The molecule has 128 valence electrons. The van der Waals surface area contributed by atoms with E-state index in [1.54, 1.807) is 14.2 Å². The molecule has 24 heavy (non-hydrogen) atoms.